The van der Waals surface area contributed by atoms with Gasteiger partial charge < -0.3 is 10.3 Å². The van der Waals surface area contributed by atoms with Crippen molar-refractivity contribution in [3.05, 3.63) is 35.0 Å². The lowest BCUT2D eigenvalue weighted by Crippen LogP contribution is -2.33. The summed E-state index contributed by atoms with van der Waals surface area (Å²) in [6.07, 6.45) is 0.933. The molecule has 1 amide bonds. The average molecular weight is 378 g/mol. The number of carbonyl (C=O) groups excluding carboxylic acids is 1. The van der Waals surface area contributed by atoms with Gasteiger partial charge >= 0.3 is 0 Å². The lowest BCUT2D eigenvalue weighted by atomic mass is 10.2. The molecule has 0 aliphatic rings. The predicted octanol–water partition coefficient (Wildman–Crippen LogP) is 4.87. The van der Waals surface area contributed by atoms with Gasteiger partial charge in [-0.2, -0.15) is 0 Å². The summed E-state index contributed by atoms with van der Waals surface area (Å²) in [5.41, 5.74) is 1.98. The molecule has 126 valence electrons. The molecule has 2 N–H and O–H groups in total. The first kappa shape index (κ1) is 17.3. The topological polar surface area (TPSA) is 57.8 Å². The number of thiophene rings is 2. The number of rotatable bonds is 7. The van der Waals surface area contributed by atoms with Crippen LogP contribution in [0.2, 0.25) is 0 Å². The van der Waals surface area contributed by atoms with Gasteiger partial charge in [0, 0.05) is 6.04 Å². The van der Waals surface area contributed by atoms with Gasteiger partial charge in [-0.1, -0.05) is 30.8 Å². The maximum absolute atomic E-state index is 12.0. The van der Waals surface area contributed by atoms with Crippen LogP contribution in [0.1, 0.15) is 20.3 Å². The Kier molecular flexibility index (Phi) is 5.76. The van der Waals surface area contributed by atoms with E-state index in [0.717, 1.165) is 32.7 Å². The van der Waals surface area contributed by atoms with Gasteiger partial charge in [-0.3, -0.25) is 4.79 Å². The van der Waals surface area contributed by atoms with Crippen LogP contribution in [0.15, 0.2) is 40.2 Å². The van der Waals surface area contributed by atoms with Crippen molar-refractivity contribution >= 4 is 40.3 Å². The number of nitrogens with zero attached hydrogens (tertiary/aromatic N) is 1. The third-order valence-corrected chi connectivity index (χ3v) is 6.20. The van der Waals surface area contributed by atoms with E-state index in [-0.39, 0.29) is 11.9 Å². The minimum absolute atomic E-state index is 0.0427. The molecule has 3 rings (SSSR count). The molecule has 3 heterocycles. The highest BCUT2D eigenvalue weighted by Gasteiger charge is 2.17. The van der Waals surface area contributed by atoms with Crippen LogP contribution in [0, 0.1) is 0 Å². The molecule has 0 aliphatic heterocycles. The van der Waals surface area contributed by atoms with E-state index < -0.39 is 0 Å². The van der Waals surface area contributed by atoms with Crippen LogP contribution in [-0.2, 0) is 4.79 Å². The summed E-state index contributed by atoms with van der Waals surface area (Å²) in [5.74, 6) is 0.409. The summed E-state index contributed by atoms with van der Waals surface area (Å²) < 4.78 is 0. The lowest BCUT2D eigenvalue weighted by molar-refractivity contribution is -0.119. The van der Waals surface area contributed by atoms with Crippen molar-refractivity contribution in [3.63, 3.8) is 0 Å². The van der Waals surface area contributed by atoms with E-state index in [1.54, 1.807) is 22.7 Å². The van der Waals surface area contributed by atoms with Crippen molar-refractivity contribution in [2.75, 3.05) is 5.75 Å². The zero-order chi connectivity index (χ0) is 16.9. The van der Waals surface area contributed by atoms with E-state index in [1.807, 2.05) is 19.1 Å². The molecule has 0 saturated carbocycles. The zero-order valence-electron chi connectivity index (χ0n) is 13.5. The van der Waals surface area contributed by atoms with E-state index in [4.69, 9.17) is 4.98 Å². The van der Waals surface area contributed by atoms with Gasteiger partial charge in [0.25, 0.3) is 0 Å². The molecule has 3 aromatic rings. The SMILES string of the molecule is CCC(C)NC(=O)CSc1nc(-c2cccs2)c(-c2cccs2)[nH]1. The maximum atomic E-state index is 12.0. The number of aromatic amines is 1. The van der Waals surface area contributed by atoms with Gasteiger partial charge in [-0.25, -0.2) is 4.98 Å². The van der Waals surface area contributed by atoms with Gasteiger partial charge in [0.2, 0.25) is 5.91 Å². The van der Waals surface area contributed by atoms with Gasteiger partial charge in [0.05, 0.1) is 21.2 Å². The summed E-state index contributed by atoms with van der Waals surface area (Å²) in [5, 5.41) is 7.86. The Morgan fingerprint density at radius 3 is 2.62 bits per heavy atom. The fraction of sp³-hybridized carbons (Fsp3) is 0.294. The van der Waals surface area contributed by atoms with Crippen molar-refractivity contribution < 1.29 is 4.79 Å². The Morgan fingerprint density at radius 2 is 2.00 bits per heavy atom. The summed E-state index contributed by atoms with van der Waals surface area (Å²) in [6, 6.07) is 8.42. The normalized spacial score (nSPS) is 12.2. The predicted molar refractivity (Wildman–Crippen MR) is 104 cm³/mol. The fourth-order valence-electron chi connectivity index (χ4n) is 2.16. The Hall–Kier alpha value is -1.57. The van der Waals surface area contributed by atoms with Gasteiger partial charge in [0.15, 0.2) is 5.16 Å². The number of amides is 1. The summed E-state index contributed by atoms with van der Waals surface area (Å²) in [4.78, 5) is 22.4. The van der Waals surface area contributed by atoms with E-state index in [1.165, 1.54) is 11.8 Å². The van der Waals surface area contributed by atoms with E-state index in [0.29, 0.717) is 5.75 Å². The standard InChI is InChI=1S/C17H19N3OS3/c1-3-11(2)18-14(21)10-24-17-19-15(12-6-4-8-22-12)16(20-17)13-7-5-9-23-13/h4-9,11H,3,10H2,1-2H3,(H,18,21)(H,19,20). The molecule has 0 aliphatic carbocycles. The average Bonchev–Trinajstić information content (AvgIpc) is 3.32. The molecule has 0 fully saturated rings. The Labute approximate surface area is 153 Å². The number of H-pyrrole nitrogens is 1. The molecule has 0 aromatic carbocycles. The number of aromatic nitrogens is 2. The highest BCUT2D eigenvalue weighted by molar-refractivity contribution is 7.99. The fourth-order valence-corrected chi connectivity index (χ4v) is 4.29. The molecule has 3 aromatic heterocycles. The smallest absolute Gasteiger partial charge is 0.230 e. The van der Waals surface area contributed by atoms with Crippen LogP contribution in [-0.4, -0.2) is 27.7 Å². The van der Waals surface area contributed by atoms with Crippen LogP contribution in [0.25, 0.3) is 21.1 Å². The highest BCUT2D eigenvalue weighted by atomic mass is 32.2. The first-order chi connectivity index (χ1) is 11.7. The second-order valence-electron chi connectivity index (χ2n) is 5.39. The monoisotopic (exact) mass is 377 g/mol. The molecule has 24 heavy (non-hydrogen) atoms. The number of carbonyl (C=O) groups is 1. The molecule has 1 unspecified atom stereocenters. The van der Waals surface area contributed by atoms with E-state index in [2.05, 4.69) is 40.1 Å². The van der Waals surface area contributed by atoms with Gasteiger partial charge in [-0.05, 0) is 36.2 Å². The molecule has 4 nitrogen and oxygen atoms in total. The number of imidazole rings is 1. The van der Waals surface area contributed by atoms with Crippen molar-refractivity contribution in [2.24, 2.45) is 0 Å². The summed E-state index contributed by atoms with van der Waals surface area (Å²) >= 11 is 4.79. The van der Waals surface area contributed by atoms with Crippen molar-refractivity contribution in [1.82, 2.24) is 15.3 Å². The number of thioether (sulfide) groups is 1. The van der Waals surface area contributed by atoms with Crippen LogP contribution in [0.3, 0.4) is 0 Å². The molecule has 0 bridgehead atoms. The first-order valence-corrected chi connectivity index (χ1v) is 10.5. The van der Waals surface area contributed by atoms with Crippen molar-refractivity contribution in [2.45, 2.75) is 31.5 Å². The third kappa shape index (κ3) is 4.09. The molecule has 7 heteroatoms. The second kappa shape index (κ2) is 8.00. The van der Waals surface area contributed by atoms with Crippen molar-refractivity contribution in [1.29, 1.82) is 0 Å². The number of hydrogen-bond acceptors (Lipinski definition) is 5. The summed E-state index contributed by atoms with van der Waals surface area (Å²) in [7, 11) is 0. The Bertz CT molecular complexity index is 726. The zero-order valence-corrected chi connectivity index (χ0v) is 16.0. The number of nitrogens with one attached hydrogen (secondary N) is 2. The Morgan fingerprint density at radius 1 is 1.29 bits per heavy atom. The quantitative estimate of drug-likeness (QED) is 0.577. The highest BCUT2D eigenvalue weighted by Crippen LogP contribution is 2.36. The minimum atomic E-state index is 0.0427. The van der Waals surface area contributed by atoms with E-state index >= 15 is 0 Å². The summed E-state index contributed by atoms with van der Waals surface area (Å²) in [6.45, 7) is 4.07. The molecule has 1 atom stereocenters. The minimum Gasteiger partial charge on any atom is -0.353 e. The molecular weight excluding hydrogens is 358 g/mol. The van der Waals surface area contributed by atoms with Crippen LogP contribution >= 0.6 is 34.4 Å². The van der Waals surface area contributed by atoms with Gasteiger partial charge in [0.1, 0.15) is 5.69 Å². The van der Waals surface area contributed by atoms with E-state index in [9.17, 15) is 4.79 Å². The number of hydrogen-bond donors (Lipinski definition) is 2. The largest absolute Gasteiger partial charge is 0.353 e. The Balaban J connectivity index is 1.78. The molecule has 0 saturated heterocycles. The first-order valence-electron chi connectivity index (χ1n) is 7.77. The molecule has 0 radical (unpaired) electrons. The maximum Gasteiger partial charge on any atom is 0.230 e. The van der Waals surface area contributed by atoms with Crippen LogP contribution in [0.5, 0.6) is 0 Å². The molecular formula is C17H19N3OS3. The lowest BCUT2D eigenvalue weighted by Gasteiger charge is -2.10. The van der Waals surface area contributed by atoms with Gasteiger partial charge in [-0.15, -0.1) is 22.7 Å². The van der Waals surface area contributed by atoms with Crippen molar-refractivity contribution in [3.8, 4) is 21.1 Å². The second-order valence-corrected chi connectivity index (χ2v) is 8.25. The molecule has 0 spiro atoms. The van der Waals surface area contributed by atoms with Crippen LogP contribution in [0.4, 0.5) is 0 Å². The third-order valence-electron chi connectivity index (χ3n) is 3.56. The van der Waals surface area contributed by atoms with Crippen LogP contribution < -0.4 is 5.32 Å².